The van der Waals surface area contributed by atoms with Gasteiger partial charge in [-0.2, -0.15) is 0 Å². The summed E-state index contributed by atoms with van der Waals surface area (Å²) >= 11 is 5.98. The van der Waals surface area contributed by atoms with Gasteiger partial charge in [0.05, 0.1) is 17.7 Å². The van der Waals surface area contributed by atoms with Crippen LogP contribution in [0.5, 0.6) is 5.75 Å². The highest BCUT2D eigenvalue weighted by atomic mass is 35.5. The molecule has 0 bridgehead atoms. The Balaban J connectivity index is 2.11. The average molecular weight is 362 g/mol. The summed E-state index contributed by atoms with van der Waals surface area (Å²) in [5.41, 5.74) is 1.75. The van der Waals surface area contributed by atoms with Gasteiger partial charge in [-0.1, -0.05) is 36.2 Å². The van der Waals surface area contributed by atoms with Crippen LogP contribution < -0.4 is 10.1 Å². The van der Waals surface area contributed by atoms with E-state index in [-0.39, 0.29) is 16.5 Å². The molecule has 0 aliphatic carbocycles. The molecule has 0 unspecified atom stereocenters. The first-order valence-corrected chi connectivity index (χ1v) is 8.24. The highest BCUT2D eigenvalue weighted by Crippen LogP contribution is 2.22. The molecule has 0 aliphatic heterocycles. The molecule has 0 saturated carbocycles. The zero-order valence-electron chi connectivity index (χ0n) is 14.3. The predicted molar refractivity (Wildman–Crippen MR) is 97.3 cm³/mol. The molecular weight excluding hydrogens is 342 g/mol. The van der Waals surface area contributed by atoms with Crippen LogP contribution in [0.25, 0.3) is 0 Å². The molecule has 2 aromatic rings. The summed E-state index contributed by atoms with van der Waals surface area (Å²) in [4.78, 5) is 24.2. The van der Waals surface area contributed by atoms with Crippen LogP contribution in [0.4, 0.5) is 5.69 Å². The summed E-state index contributed by atoms with van der Waals surface area (Å²) in [5, 5.41) is 3.00. The number of aryl methyl sites for hydroxylation is 1. The number of nitrogens with one attached hydrogen (secondary N) is 1. The zero-order valence-corrected chi connectivity index (χ0v) is 15.1. The van der Waals surface area contributed by atoms with Crippen LogP contribution in [0.3, 0.4) is 0 Å². The molecule has 0 aromatic heterocycles. The minimum absolute atomic E-state index is 0.189. The van der Waals surface area contributed by atoms with Gasteiger partial charge in [0.15, 0.2) is 6.10 Å². The van der Waals surface area contributed by atoms with E-state index in [0.29, 0.717) is 17.9 Å². The molecule has 2 rings (SSSR count). The number of hydrogen-bond donors (Lipinski definition) is 1. The Kier molecular flexibility index (Phi) is 6.42. The van der Waals surface area contributed by atoms with Crippen molar-refractivity contribution in [1.29, 1.82) is 0 Å². The molecular formula is C19H20ClNO4. The van der Waals surface area contributed by atoms with E-state index in [1.165, 1.54) is 19.2 Å². The Bertz CT molecular complexity index is 759. The monoisotopic (exact) mass is 361 g/mol. The molecule has 0 saturated heterocycles. The fourth-order valence-corrected chi connectivity index (χ4v) is 2.39. The molecule has 5 nitrogen and oxygen atoms in total. The number of methoxy groups -OCH3 is 1. The minimum atomic E-state index is -0.653. The highest BCUT2D eigenvalue weighted by molar-refractivity contribution is 6.33. The van der Waals surface area contributed by atoms with Gasteiger partial charge in [-0.25, -0.2) is 4.79 Å². The van der Waals surface area contributed by atoms with Crippen LogP contribution in [0.2, 0.25) is 5.02 Å². The molecule has 25 heavy (non-hydrogen) atoms. The largest absolute Gasteiger partial charge is 0.481 e. The molecule has 132 valence electrons. The number of amides is 1. The van der Waals surface area contributed by atoms with Crippen LogP contribution in [-0.2, 0) is 9.53 Å². The van der Waals surface area contributed by atoms with Gasteiger partial charge < -0.3 is 14.8 Å². The number of ether oxygens (including phenoxy) is 2. The number of carbonyl (C=O) groups is 2. The summed E-state index contributed by atoms with van der Waals surface area (Å²) in [7, 11) is 1.27. The molecule has 1 atom stereocenters. The molecule has 0 spiro atoms. The Morgan fingerprint density at radius 3 is 2.44 bits per heavy atom. The van der Waals surface area contributed by atoms with Crippen molar-refractivity contribution in [3.8, 4) is 5.75 Å². The van der Waals surface area contributed by atoms with E-state index in [0.717, 1.165) is 5.56 Å². The van der Waals surface area contributed by atoms with Crippen molar-refractivity contribution in [2.45, 2.75) is 26.4 Å². The van der Waals surface area contributed by atoms with Gasteiger partial charge in [-0.05, 0) is 43.7 Å². The first-order valence-electron chi connectivity index (χ1n) is 7.86. The molecule has 1 amide bonds. The topological polar surface area (TPSA) is 64.6 Å². The van der Waals surface area contributed by atoms with Crippen molar-refractivity contribution in [2.24, 2.45) is 0 Å². The lowest BCUT2D eigenvalue weighted by molar-refractivity contribution is -0.122. The molecule has 6 heteroatoms. The normalized spacial score (nSPS) is 11.5. The number of benzene rings is 2. The maximum Gasteiger partial charge on any atom is 0.339 e. The van der Waals surface area contributed by atoms with Crippen molar-refractivity contribution < 1.29 is 19.1 Å². The van der Waals surface area contributed by atoms with E-state index in [1.54, 1.807) is 6.07 Å². The van der Waals surface area contributed by atoms with Crippen molar-refractivity contribution in [3.63, 3.8) is 0 Å². The second kappa shape index (κ2) is 8.53. The number of rotatable bonds is 6. The molecule has 0 heterocycles. The van der Waals surface area contributed by atoms with Gasteiger partial charge >= 0.3 is 5.97 Å². The van der Waals surface area contributed by atoms with E-state index in [4.69, 9.17) is 16.3 Å². The van der Waals surface area contributed by atoms with E-state index in [2.05, 4.69) is 10.1 Å². The number of anilines is 1. The number of halogens is 1. The zero-order chi connectivity index (χ0) is 18.4. The Hall–Kier alpha value is -2.53. The lowest BCUT2D eigenvalue weighted by Crippen LogP contribution is -2.32. The summed E-state index contributed by atoms with van der Waals surface area (Å²) < 4.78 is 10.4. The molecule has 2 aromatic carbocycles. The summed E-state index contributed by atoms with van der Waals surface area (Å²) in [6.07, 6.45) is -0.156. The Morgan fingerprint density at radius 1 is 1.16 bits per heavy atom. The fraction of sp³-hybridized carbons (Fsp3) is 0.263. The van der Waals surface area contributed by atoms with E-state index < -0.39 is 12.1 Å². The lowest BCUT2D eigenvalue weighted by atomic mass is 10.2. The smallest absolute Gasteiger partial charge is 0.339 e. The van der Waals surface area contributed by atoms with E-state index >= 15 is 0 Å². The third-order valence-electron chi connectivity index (χ3n) is 3.60. The summed E-state index contributed by atoms with van der Waals surface area (Å²) in [6.45, 7) is 3.84. The Labute approximate surface area is 151 Å². The van der Waals surface area contributed by atoms with Crippen molar-refractivity contribution in [3.05, 3.63) is 58.6 Å². The molecule has 1 N–H and O–H groups in total. The van der Waals surface area contributed by atoms with Gasteiger partial charge in [-0.15, -0.1) is 0 Å². The summed E-state index contributed by atoms with van der Waals surface area (Å²) in [5.74, 6) is -0.246. The third-order valence-corrected chi connectivity index (χ3v) is 3.93. The van der Waals surface area contributed by atoms with Crippen LogP contribution in [0.15, 0.2) is 42.5 Å². The lowest BCUT2D eigenvalue weighted by Gasteiger charge is -2.17. The van der Waals surface area contributed by atoms with Crippen molar-refractivity contribution in [1.82, 2.24) is 0 Å². The fourth-order valence-electron chi connectivity index (χ4n) is 2.20. The second-order valence-electron chi connectivity index (χ2n) is 5.50. The van der Waals surface area contributed by atoms with Crippen molar-refractivity contribution in [2.75, 3.05) is 12.4 Å². The van der Waals surface area contributed by atoms with Crippen LogP contribution in [0.1, 0.15) is 29.3 Å². The number of hydrogen-bond acceptors (Lipinski definition) is 4. The molecule has 0 aliphatic rings. The summed E-state index contributed by atoms with van der Waals surface area (Å²) in [6, 6.07) is 12.1. The standard InChI is InChI=1S/C19H20ClNO4/c1-4-17(25-14-8-5-12(2)6-9-14)18(22)21-13-7-10-16(20)15(11-13)19(23)24-3/h5-11,17H,4H2,1-3H3,(H,21,22)/t17-/m1/s1. The number of carbonyl (C=O) groups excluding carboxylic acids is 2. The van der Waals surface area contributed by atoms with E-state index in [1.807, 2.05) is 38.1 Å². The maximum atomic E-state index is 12.5. The first kappa shape index (κ1) is 18.8. The van der Waals surface area contributed by atoms with Gasteiger partial charge in [0.2, 0.25) is 0 Å². The van der Waals surface area contributed by atoms with E-state index in [9.17, 15) is 9.59 Å². The maximum absolute atomic E-state index is 12.5. The van der Waals surface area contributed by atoms with Crippen LogP contribution >= 0.6 is 11.6 Å². The average Bonchev–Trinajstić information content (AvgIpc) is 2.62. The van der Waals surface area contributed by atoms with Gasteiger partial charge in [-0.3, -0.25) is 4.79 Å². The number of esters is 1. The van der Waals surface area contributed by atoms with Gasteiger partial charge in [0, 0.05) is 5.69 Å². The quantitative estimate of drug-likeness (QED) is 0.782. The van der Waals surface area contributed by atoms with Gasteiger partial charge in [0.1, 0.15) is 5.75 Å². The SMILES string of the molecule is CC[C@@H](Oc1ccc(C)cc1)C(=O)Nc1ccc(Cl)c(C(=O)OC)c1. The Morgan fingerprint density at radius 2 is 1.84 bits per heavy atom. The third kappa shape index (κ3) is 4.97. The van der Waals surface area contributed by atoms with Crippen LogP contribution in [0, 0.1) is 6.92 Å². The predicted octanol–water partition coefficient (Wildman–Crippen LogP) is 4.23. The molecule has 0 radical (unpaired) electrons. The first-order chi connectivity index (χ1) is 11.9. The minimum Gasteiger partial charge on any atom is -0.481 e. The van der Waals surface area contributed by atoms with Gasteiger partial charge in [0.25, 0.3) is 5.91 Å². The van der Waals surface area contributed by atoms with Crippen molar-refractivity contribution >= 4 is 29.2 Å². The van der Waals surface area contributed by atoms with Crippen LogP contribution in [-0.4, -0.2) is 25.1 Å². The molecule has 0 fully saturated rings. The highest BCUT2D eigenvalue weighted by Gasteiger charge is 2.20. The second-order valence-corrected chi connectivity index (χ2v) is 5.91.